The molecule has 22 heavy (non-hydrogen) atoms. The maximum absolute atomic E-state index is 12.0. The zero-order valence-corrected chi connectivity index (χ0v) is 14.2. The topological polar surface area (TPSA) is 84.9 Å². The number of hydrogen-bond donors (Lipinski definition) is 1. The second-order valence-corrected chi connectivity index (χ2v) is 6.95. The molecule has 0 aromatic heterocycles. The maximum atomic E-state index is 12.0. The van der Waals surface area contributed by atoms with E-state index in [0.29, 0.717) is 17.2 Å². The summed E-state index contributed by atoms with van der Waals surface area (Å²) in [6.07, 6.45) is 1.08. The average Bonchev–Trinajstić information content (AvgIpc) is 2.43. The second kappa shape index (κ2) is 7.46. The van der Waals surface area contributed by atoms with Crippen LogP contribution in [-0.4, -0.2) is 51.7 Å². The molecule has 8 heteroatoms. The first kappa shape index (κ1) is 18.2. The van der Waals surface area contributed by atoms with E-state index in [4.69, 9.17) is 9.47 Å². The van der Waals surface area contributed by atoms with Gasteiger partial charge in [-0.3, -0.25) is 4.79 Å². The van der Waals surface area contributed by atoms with Gasteiger partial charge in [-0.15, -0.1) is 0 Å². The number of ether oxygens (including phenoxy) is 2. The van der Waals surface area contributed by atoms with Gasteiger partial charge in [0, 0.05) is 17.8 Å². The molecule has 1 aromatic carbocycles. The third-order valence-corrected chi connectivity index (χ3v) is 4.37. The van der Waals surface area contributed by atoms with Crippen molar-refractivity contribution in [1.82, 2.24) is 4.31 Å². The molecule has 0 saturated carbocycles. The molecule has 0 aliphatic carbocycles. The first-order valence-corrected chi connectivity index (χ1v) is 8.52. The van der Waals surface area contributed by atoms with Gasteiger partial charge in [0.25, 0.3) is 0 Å². The van der Waals surface area contributed by atoms with Crippen molar-refractivity contribution in [2.45, 2.75) is 19.9 Å². The summed E-state index contributed by atoms with van der Waals surface area (Å²) >= 11 is 0. The van der Waals surface area contributed by atoms with Gasteiger partial charge in [-0.2, -0.15) is 4.31 Å². The van der Waals surface area contributed by atoms with Crippen LogP contribution in [0.5, 0.6) is 11.5 Å². The molecule has 0 unspecified atom stereocenters. The Hall–Kier alpha value is -1.80. The smallest absolute Gasteiger partial charge is 0.239 e. The largest absolute Gasteiger partial charge is 0.493 e. The van der Waals surface area contributed by atoms with Gasteiger partial charge < -0.3 is 14.8 Å². The van der Waals surface area contributed by atoms with Crippen LogP contribution in [0.4, 0.5) is 5.69 Å². The van der Waals surface area contributed by atoms with Gasteiger partial charge in [-0.1, -0.05) is 0 Å². The van der Waals surface area contributed by atoms with Crippen LogP contribution in [-0.2, 0) is 14.8 Å². The number of sulfonamides is 1. The Morgan fingerprint density at radius 2 is 1.82 bits per heavy atom. The summed E-state index contributed by atoms with van der Waals surface area (Å²) in [6.45, 7) is 3.18. The molecule has 1 amide bonds. The predicted octanol–water partition coefficient (Wildman–Crippen LogP) is 1.31. The molecular weight excluding hydrogens is 308 g/mol. The summed E-state index contributed by atoms with van der Waals surface area (Å²) in [5.74, 6) is 0.593. The van der Waals surface area contributed by atoms with Crippen molar-refractivity contribution in [3.63, 3.8) is 0 Å². The van der Waals surface area contributed by atoms with Crippen LogP contribution in [0.25, 0.3) is 0 Å². The van der Waals surface area contributed by atoms with Crippen LogP contribution >= 0.6 is 0 Å². The molecule has 0 aliphatic rings. The number of nitrogens with zero attached hydrogens (tertiary/aromatic N) is 1. The Morgan fingerprint density at radius 3 is 2.27 bits per heavy atom. The highest BCUT2D eigenvalue weighted by Gasteiger charge is 2.23. The van der Waals surface area contributed by atoms with Gasteiger partial charge in [0.2, 0.25) is 15.9 Å². The van der Waals surface area contributed by atoms with Crippen LogP contribution in [0.1, 0.15) is 13.8 Å². The van der Waals surface area contributed by atoms with Crippen molar-refractivity contribution >= 4 is 21.6 Å². The fourth-order valence-electron chi connectivity index (χ4n) is 1.94. The van der Waals surface area contributed by atoms with Crippen LogP contribution in [0.3, 0.4) is 0 Å². The predicted molar refractivity (Wildman–Crippen MR) is 84.9 cm³/mol. The molecule has 0 spiro atoms. The standard InChI is InChI=1S/C14H22N2O5S/c1-10(2)16(22(5,18)19)9-14(17)15-11-6-7-12(20-3)13(8-11)21-4/h6-8,10H,9H2,1-5H3,(H,15,17). The Morgan fingerprint density at radius 1 is 1.23 bits per heavy atom. The number of carbonyl (C=O) groups is 1. The number of methoxy groups -OCH3 is 2. The summed E-state index contributed by atoms with van der Waals surface area (Å²) in [4.78, 5) is 12.0. The van der Waals surface area contributed by atoms with Gasteiger partial charge in [-0.05, 0) is 26.0 Å². The van der Waals surface area contributed by atoms with E-state index in [1.54, 1.807) is 32.0 Å². The van der Waals surface area contributed by atoms with Crippen molar-refractivity contribution in [3.05, 3.63) is 18.2 Å². The molecule has 0 atom stereocenters. The lowest BCUT2D eigenvalue weighted by Gasteiger charge is -2.23. The SMILES string of the molecule is COc1ccc(NC(=O)CN(C(C)C)S(C)(=O)=O)cc1OC. The minimum atomic E-state index is -3.45. The van der Waals surface area contributed by atoms with E-state index in [1.807, 2.05) is 0 Å². The summed E-state index contributed by atoms with van der Waals surface area (Å²) in [5.41, 5.74) is 0.500. The molecule has 7 nitrogen and oxygen atoms in total. The minimum Gasteiger partial charge on any atom is -0.493 e. The number of carbonyl (C=O) groups excluding carboxylic acids is 1. The first-order chi connectivity index (χ1) is 10.2. The lowest BCUT2D eigenvalue weighted by molar-refractivity contribution is -0.116. The zero-order chi connectivity index (χ0) is 16.9. The monoisotopic (exact) mass is 330 g/mol. The summed E-state index contributed by atoms with van der Waals surface area (Å²) in [6, 6.07) is 4.62. The number of rotatable bonds is 7. The fraction of sp³-hybridized carbons (Fsp3) is 0.500. The van der Waals surface area contributed by atoms with Crippen molar-refractivity contribution in [1.29, 1.82) is 0 Å². The van der Waals surface area contributed by atoms with Crippen LogP contribution < -0.4 is 14.8 Å². The van der Waals surface area contributed by atoms with E-state index in [-0.39, 0.29) is 12.6 Å². The first-order valence-electron chi connectivity index (χ1n) is 6.67. The zero-order valence-electron chi connectivity index (χ0n) is 13.4. The third kappa shape index (κ3) is 4.88. The van der Waals surface area contributed by atoms with E-state index in [9.17, 15) is 13.2 Å². The summed E-state index contributed by atoms with van der Waals surface area (Å²) in [7, 11) is -0.437. The van der Waals surface area contributed by atoms with Crippen molar-refractivity contribution < 1.29 is 22.7 Å². The molecular formula is C14H22N2O5S. The van der Waals surface area contributed by atoms with Gasteiger partial charge in [0.15, 0.2) is 11.5 Å². The molecule has 1 aromatic rings. The highest BCUT2D eigenvalue weighted by Crippen LogP contribution is 2.29. The second-order valence-electron chi connectivity index (χ2n) is 5.02. The maximum Gasteiger partial charge on any atom is 0.239 e. The quantitative estimate of drug-likeness (QED) is 0.815. The van der Waals surface area contributed by atoms with Crippen molar-refractivity contribution in [2.75, 3.05) is 32.3 Å². The lowest BCUT2D eigenvalue weighted by atomic mass is 10.2. The average molecular weight is 330 g/mol. The summed E-state index contributed by atoms with van der Waals surface area (Å²) < 4.78 is 34.7. The van der Waals surface area contributed by atoms with Crippen LogP contribution in [0, 0.1) is 0 Å². The minimum absolute atomic E-state index is 0.245. The molecule has 0 radical (unpaired) electrons. The Bertz CT molecular complexity index is 628. The van der Waals surface area contributed by atoms with Gasteiger partial charge in [-0.25, -0.2) is 8.42 Å². The highest BCUT2D eigenvalue weighted by molar-refractivity contribution is 7.88. The van der Waals surface area contributed by atoms with Gasteiger partial charge in [0.1, 0.15) is 0 Å². The normalized spacial score (nSPS) is 11.6. The number of benzene rings is 1. The van der Waals surface area contributed by atoms with Crippen molar-refractivity contribution in [2.24, 2.45) is 0 Å². The van der Waals surface area contributed by atoms with Crippen LogP contribution in [0.2, 0.25) is 0 Å². The molecule has 0 bridgehead atoms. The van der Waals surface area contributed by atoms with Gasteiger partial charge >= 0.3 is 0 Å². The van der Waals surface area contributed by atoms with E-state index in [0.717, 1.165) is 10.6 Å². The van der Waals surface area contributed by atoms with E-state index in [2.05, 4.69) is 5.32 Å². The third-order valence-electron chi connectivity index (χ3n) is 2.97. The number of anilines is 1. The summed E-state index contributed by atoms with van der Waals surface area (Å²) in [5, 5.41) is 2.64. The van der Waals surface area contributed by atoms with E-state index < -0.39 is 15.9 Å². The van der Waals surface area contributed by atoms with Gasteiger partial charge in [0.05, 0.1) is 27.0 Å². The molecule has 0 heterocycles. The highest BCUT2D eigenvalue weighted by atomic mass is 32.2. The van der Waals surface area contributed by atoms with E-state index >= 15 is 0 Å². The number of nitrogens with one attached hydrogen (secondary N) is 1. The van der Waals surface area contributed by atoms with Crippen molar-refractivity contribution in [3.8, 4) is 11.5 Å². The lowest BCUT2D eigenvalue weighted by Crippen LogP contribution is -2.41. The number of hydrogen-bond acceptors (Lipinski definition) is 5. The molecule has 0 fully saturated rings. The molecule has 0 saturated heterocycles. The molecule has 1 rings (SSSR count). The Balaban J connectivity index is 2.85. The van der Waals surface area contributed by atoms with E-state index in [1.165, 1.54) is 14.2 Å². The number of amides is 1. The Kier molecular flexibility index (Phi) is 6.19. The molecule has 124 valence electrons. The van der Waals surface area contributed by atoms with Crippen LogP contribution in [0.15, 0.2) is 18.2 Å². The molecule has 1 N–H and O–H groups in total. The Labute approximate surface area is 131 Å². The fourth-order valence-corrected chi connectivity index (χ4v) is 3.06. The molecule has 0 aliphatic heterocycles.